The Balaban J connectivity index is 1.77. The second-order valence-corrected chi connectivity index (χ2v) is 5.21. The summed E-state index contributed by atoms with van der Waals surface area (Å²) in [5.41, 5.74) is 0. The highest BCUT2D eigenvalue weighted by molar-refractivity contribution is 4.83. The predicted molar refractivity (Wildman–Crippen MR) is 68.3 cm³/mol. The second-order valence-electron chi connectivity index (χ2n) is 5.21. The van der Waals surface area contributed by atoms with E-state index in [1.54, 1.807) is 0 Å². The molecule has 1 aliphatic heterocycles. The fourth-order valence-corrected chi connectivity index (χ4v) is 3.07. The number of hydrogen-bond acceptors (Lipinski definition) is 4. The first kappa shape index (κ1) is 13.3. The van der Waals surface area contributed by atoms with Crippen molar-refractivity contribution < 1.29 is 9.47 Å². The molecule has 4 heteroatoms. The molecule has 1 aliphatic carbocycles. The van der Waals surface area contributed by atoms with E-state index in [-0.39, 0.29) is 0 Å². The maximum Gasteiger partial charge on any atom is 0.0826 e. The van der Waals surface area contributed by atoms with Gasteiger partial charge in [-0.05, 0) is 32.7 Å². The van der Waals surface area contributed by atoms with Crippen molar-refractivity contribution in [2.75, 3.05) is 40.4 Å². The van der Waals surface area contributed by atoms with Crippen LogP contribution in [0.1, 0.15) is 25.7 Å². The second kappa shape index (κ2) is 6.69. The van der Waals surface area contributed by atoms with E-state index in [0.29, 0.717) is 12.2 Å². The molecule has 1 unspecified atom stereocenters. The smallest absolute Gasteiger partial charge is 0.0826 e. The molecule has 0 spiro atoms. The topological polar surface area (TPSA) is 33.7 Å². The summed E-state index contributed by atoms with van der Waals surface area (Å²) < 4.78 is 11.2. The van der Waals surface area contributed by atoms with E-state index in [4.69, 9.17) is 9.47 Å². The molecule has 0 aromatic heterocycles. The molecule has 100 valence electrons. The fourth-order valence-electron chi connectivity index (χ4n) is 3.07. The molecular weight excluding hydrogens is 216 g/mol. The summed E-state index contributed by atoms with van der Waals surface area (Å²) in [6.07, 6.45) is 5.87. The van der Waals surface area contributed by atoms with Gasteiger partial charge in [-0.2, -0.15) is 0 Å². The molecule has 0 radical (unpaired) electrons. The lowest BCUT2D eigenvalue weighted by Gasteiger charge is -2.41. The first-order valence-electron chi connectivity index (χ1n) is 6.86. The van der Waals surface area contributed by atoms with E-state index in [1.165, 1.54) is 25.7 Å². The van der Waals surface area contributed by atoms with Crippen molar-refractivity contribution in [1.29, 1.82) is 0 Å². The van der Waals surface area contributed by atoms with Gasteiger partial charge in [0.05, 0.1) is 18.8 Å². The van der Waals surface area contributed by atoms with Gasteiger partial charge in [0.1, 0.15) is 0 Å². The zero-order chi connectivity index (χ0) is 12.1. The highest BCUT2D eigenvalue weighted by atomic mass is 16.5. The molecule has 0 aromatic carbocycles. The number of ether oxygens (including phenoxy) is 2. The highest BCUT2D eigenvalue weighted by Gasteiger charge is 2.29. The maximum absolute atomic E-state index is 5.75. The Hall–Kier alpha value is -0.160. The standard InChI is InChI=1S/C13H26N2O2/c1-14-9-13-10-15(7-8-17-13)11-3-5-12(16-2)6-4-11/h11-14H,3-10H2,1-2H3. The van der Waals surface area contributed by atoms with Gasteiger partial charge in [-0.25, -0.2) is 0 Å². The quantitative estimate of drug-likeness (QED) is 0.793. The largest absolute Gasteiger partial charge is 0.381 e. The normalized spacial score (nSPS) is 36.0. The van der Waals surface area contributed by atoms with Gasteiger partial charge >= 0.3 is 0 Å². The number of hydrogen-bond donors (Lipinski definition) is 1. The summed E-state index contributed by atoms with van der Waals surface area (Å²) in [6, 6.07) is 0.754. The average Bonchev–Trinajstić information content (AvgIpc) is 2.40. The third-order valence-corrected chi connectivity index (χ3v) is 4.10. The Kier molecular flexibility index (Phi) is 5.22. The van der Waals surface area contributed by atoms with Gasteiger partial charge in [0.15, 0.2) is 0 Å². The van der Waals surface area contributed by atoms with E-state index in [2.05, 4.69) is 10.2 Å². The third-order valence-electron chi connectivity index (χ3n) is 4.10. The summed E-state index contributed by atoms with van der Waals surface area (Å²) >= 11 is 0. The maximum atomic E-state index is 5.75. The van der Waals surface area contributed by atoms with Crippen molar-refractivity contribution in [2.45, 2.75) is 43.9 Å². The van der Waals surface area contributed by atoms with Crippen LogP contribution in [0.4, 0.5) is 0 Å². The Labute approximate surface area is 105 Å². The first-order chi connectivity index (χ1) is 8.33. The van der Waals surface area contributed by atoms with Gasteiger partial charge in [-0.3, -0.25) is 4.90 Å². The lowest BCUT2D eigenvalue weighted by Crippen LogP contribution is -2.51. The van der Waals surface area contributed by atoms with E-state index in [9.17, 15) is 0 Å². The van der Waals surface area contributed by atoms with Crippen LogP contribution >= 0.6 is 0 Å². The number of likely N-dealkylation sites (N-methyl/N-ethyl adjacent to an activating group) is 1. The Morgan fingerprint density at radius 2 is 2.06 bits per heavy atom. The van der Waals surface area contributed by atoms with E-state index >= 15 is 0 Å². The Morgan fingerprint density at radius 1 is 1.29 bits per heavy atom. The molecule has 17 heavy (non-hydrogen) atoms. The lowest BCUT2D eigenvalue weighted by atomic mass is 9.91. The highest BCUT2D eigenvalue weighted by Crippen LogP contribution is 2.25. The van der Waals surface area contributed by atoms with Crippen LogP contribution in [0.5, 0.6) is 0 Å². The van der Waals surface area contributed by atoms with Crippen LogP contribution in [0.2, 0.25) is 0 Å². The van der Waals surface area contributed by atoms with Gasteiger partial charge in [-0.1, -0.05) is 0 Å². The first-order valence-corrected chi connectivity index (χ1v) is 6.86. The molecule has 1 atom stereocenters. The number of nitrogens with zero attached hydrogens (tertiary/aromatic N) is 1. The summed E-state index contributed by atoms with van der Waals surface area (Å²) in [4.78, 5) is 2.62. The van der Waals surface area contributed by atoms with Gasteiger partial charge in [0, 0.05) is 32.8 Å². The lowest BCUT2D eigenvalue weighted by molar-refractivity contribution is -0.0539. The van der Waals surface area contributed by atoms with Gasteiger partial charge in [0.25, 0.3) is 0 Å². The summed E-state index contributed by atoms with van der Waals surface area (Å²) in [5, 5.41) is 3.21. The molecule has 2 rings (SSSR count). The Morgan fingerprint density at radius 3 is 2.71 bits per heavy atom. The molecule has 1 saturated heterocycles. The molecule has 0 amide bonds. The van der Waals surface area contributed by atoms with Crippen molar-refractivity contribution in [3.63, 3.8) is 0 Å². The van der Waals surface area contributed by atoms with Crippen molar-refractivity contribution in [1.82, 2.24) is 10.2 Å². The van der Waals surface area contributed by atoms with Crippen LogP contribution < -0.4 is 5.32 Å². The minimum absolute atomic E-state index is 0.369. The van der Waals surface area contributed by atoms with E-state index in [1.807, 2.05) is 14.2 Å². The molecule has 4 nitrogen and oxygen atoms in total. The minimum atomic E-state index is 0.369. The Bertz CT molecular complexity index is 215. The summed E-state index contributed by atoms with van der Waals surface area (Å²) in [5.74, 6) is 0. The zero-order valence-electron chi connectivity index (χ0n) is 11.2. The van der Waals surface area contributed by atoms with Gasteiger partial charge < -0.3 is 14.8 Å². The number of rotatable bonds is 4. The number of nitrogens with one attached hydrogen (secondary N) is 1. The summed E-state index contributed by atoms with van der Waals surface area (Å²) in [6.45, 7) is 4.03. The third kappa shape index (κ3) is 3.65. The molecule has 0 bridgehead atoms. The molecule has 1 saturated carbocycles. The monoisotopic (exact) mass is 242 g/mol. The number of morpholine rings is 1. The van der Waals surface area contributed by atoms with E-state index in [0.717, 1.165) is 32.3 Å². The van der Waals surface area contributed by atoms with Crippen molar-refractivity contribution in [2.24, 2.45) is 0 Å². The SMILES string of the molecule is CNCC1CN(C2CCC(OC)CC2)CCO1. The molecule has 2 aliphatic rings. The average molecular weight is 242 g/mol. The van der Waals surface area contributed by atoms with Crippen LogP contribution in [0.3, 0.4) is 0 Å². The van der Waals surface area contributed by atoms with Crippen molar-refractivity contribution in [3.8, 4) is 0 Å². The van der Waals surface area contributed by atoms with Gasteiger partial charge in [0.2, 0.25) is 0 Å². The molecule has 2 fully saturated rings. The van der Waals surface area contributed by atoms with Crippen molar-refractivity contribution in [3.05, 3.63) is 0 Å². The van der Waals surface area contributed by atoms with Crippen LogP contribution in [0, 0.1) is 0 Å². The van der Waals surface area contributed by atoms with Crippen molar-refractivity contribution >= 4 is 0 Å². The predicted octanol–water partition coefficient (Wildman–Crippen LogP) is 0.864. The minimum Gasteiger partial charge on any atom is -0.381 e. The molecule has 1 heterocycles. The fraction of sp³-hybridized carbons (Fsp3) is 1.00. The molecule has 1 N–H and O–H groups in total. The van der Waals surface area contributed by atoms with E-state index < -0.39 is 0 Å². The number of methoxy groups -OCH3 is 1. The van der Waals surface area contributed by atoms with Crippen LogP contribution in [-0.2, 0) is 9.47 Å². The van der Waals surface area contributed by atoms with Crippen LogP contribution in [0.15, 0.2) is 0 Å². The molecular formula is C13H26N2O2. The van der Waals surface area contributed by atoms with Crippen LogP contribution in [0.25, 0.3) is 0 Å². The van der Waals surface area contributed by atoms with Gasteiger partial charge in [-0.15, -0.1) is 0 Å². The zero-order valence-corrected chi connectivity index (χ0v) is 11.2. The summed E-state index contributed by atoms with van der Waals surface area (Å²) in [7, 11) is 3.83. The molecule has 0 aromatic rings. The van der Waals surface area contributed by atoms with Crippen LogP contribution in [-0.4, -0.2) is 63.5 Å².